The van der Waals surface area contributed by atoms with Crippen molar-refractivity contribution in [2.75, 3.05) is 18.2 Å². The van der Waals surface area contributed by atoms with Crippen LogP contribution in [0.1, 0.15) is 19.8 Å². The SMILES string of the molecule is CCCC(=O)Oc1ccccc1/N=N/c1ccc(NC(=O)OC)cc1N. The highest BCUT2D eigenvalue weighted by atomic mass is 16.5. The van der Waals surface area contributed by atoms with Crippen molar-refractivity contribution in [1.29, 1.82) is 0 Å². The van der Waals surface area contributed by atoms with E-state index in [1.807, 2.05) is 6.92 Å². The molecule has 1 amide bonds. The molecule has 0 aromatic heterocycles. The Balaban J connectivity index is 2.17. The van der Waals surface area contributed by atoms with Gasteiger partial charge < -0.3 is 15.2 Å². The van der Waals surface area contributed by atoms with Crippen LogP contribution >= 0.6 is 0 Å². The normalized spacial score (nSPS) is 10.5. The summed E-state index contributed by atoms with van der Waals surface area (Å²) in [5.41, 5.74) is 7.55. The molecule has 26 heavy (non-hydrogen) atoms. The number of carbonyl (C=O) groups excluding carboxylic acids is 2. The number of nitrogen functional groups attached to an aromatic ring is 1. The van der Waals surface area contributed by atoms with Gasteiger partial charge in [-0.3, -0.25) is 10.1 Å². The molecule has 3 N–H and O–H groups in total. The standard InChI is InChI=1S/C18H20N4O4/c1-3-6-17(23)26-16-8-5-4-7-15(16)22-21-14-10-9-12(11-13(14)19)20-18(24)25-2/h4-5,7-11H,3,6,19H2,1-2H3,(H,20,24)/b22-21+. The Kier molecular flexibility index (Phi) is 6.67. The Hall–Kier alpha value is -3.42. The summed E-state index contributed by atoms with van der Waals surface area (Å²) in [4.78, 5) is 22.9. The van der Waals surface area contributed by atoms with E-state index in [4.69, 9.17) is 10.5 Å². The molecular formula is C18H20N4O4. The fraction of sp³-hybridized carbons (Fsp3) is 0.222. The lowest BCUT2D eigenvalue weighted by atomic mass is 10.2. The maximum absolute atomic E-state index is 11.7. The van der Waals surface area contributed by atoms with E-state index in [0.29, 0.717) is 41.3 Å². The highest BCUT2D eigenvalue weighted by Gasteiger charge is 2.08. The highest BCUT2D eigenvalue weighted by Crippen LogP contribution is 2.31. The van der Waals surface area contributed by atoms with E-state index >= 15 is 0 Å². The van der Waals surface area contributed by atoms with Crippen LogP contribution in [0.3, 0.4) is 0 Å². The lowest BCUT2D eigenvalue weighted by Gasteiger charge is -2.07. The zero-order valence-electron chi connectivity index (χ0n) is 14.6. The van der Waals surface area contributed by atoms with Crippen molar-refractivity contribution < 1.29 is 19.1 Å². The van der Waals surface area contributed by atoms with E-state index in [-0.39, 0.29) is 5.97 Å². The summed E-state index contributed by atoms with van der Waals surface area (Å²) in [6, 6.07) is 11.6. The average Bonchev–Trinajstić information content (AvgIpc) is 2.62. The van der Waals surface area contributed by atoms with Crippen LogP contribution in [0.15, 0.2) is 52.7 Å². The molecule has 0 saturated carbocycles. The monoisotopic (exact) mass is 356 g/mol. The van der Waals surface area contributed by atoms with Crippen molar-refractivity contribution in [3.63, 3.8) is 0 Å². The molecule has 0 aliphatic rings. The van der Waals surface area contributed by atoms with Crippen molar-refractivity contribution in [3.8, 4) is 5.75 Å². The van der Waals surface area contributed by atoms with Gasteiger partial charge >= 0.3 is 12.1 Å². The Morgan fingerprint density at radius 3 is 2.54 bits per heavy atom. The lowest BCUT2D eigenvalue weighted by molar-refractivity contribution is -0.134. The first-order chi connectivity index (χ1) is 12.5. The van der Waals surface area contributed by atoms with Gasteiger partial charge in [-0.1, -0.05) is 19.1 Å². The first-order valence-corrected chi connectivity index (χ1v) is 7.99. The van der Waals surface area contributed by atoms with Gasteiger partial charge in [-0.15, -0.1) is 10.2 Å². The maximum atomic E-state index is 11.7. The second-order valence-electron chi connectivity index (χ2n) is 5.28. The minimum atomic E-state index is -0.596. The van der Waals surface area contributed by atoms with Crippen LogP contribution in [-0.4, -0.2) is 19.2 Å². The summed E-state index contributed by atoms with van der Waals surface area (Å²) < 4.78 is 9.81. The number of azo groups is 1. The molecule has 8 nitrogen and oxygen atoms in total. The molecule has 0 radical (unpaired) electrons. The predicted molar refractivity (Wildman–Crippen MR) is 98.0 cm³/mol. The number of nitrogens with two attached hydrogens (primary N) is 1. The summed E-state index contributed by atoms with van der Waals surface area (Å²) in [6.07, 6.45) is 0.430. The number of carbonyl (C=O) groups is 2. The van der Waals surface area contributed by atoms with Gasteiger partial charge in [0.05, 0.1) is 12.8 Å². The van der Waals surface area contributed by atoms with Crippen LogP contribution in [0, 0.1) is 0 Å². The molecule has 0 heterocycles. The zero-order valence-corrected chi connectivity index (χ0v) is 14.6. The number of hydrogen-bond donors (Lipinski definition) is 2. The Morgan fingerprint density at radius 1 is 1.12 bits per heavy atom. The molecule has 2 aromatic carbocycles. The summed E-state index contributed by atoms with van der Waals surface area (Å²) >= 11 is 0. The molecule has 0 unspecified atom stereocenters. The number of methoxy groups -OCH3 is 1. The summed E-state index contributed by atoms with van der Waals surface area (Å²) in [6.45, 7) is 1.90. The number of rotatable bonds is 6. The topological polar surface area (TPSA) is 115 Å². The first kappa shape index (κ1) is 18.9. The zero-order chi connectivity index (χ0) is 18.9. The number of hydrogen-bond acceptors (Lipinski definition) is 7. The third kappa shape index (κ3) is 5.30. The van der Waals surface area contributed by atoms with Crippen LogP contribution in [0.4, 0.5) is 27.5 Å². The van der Waals surface area contributed by atoms with Crippen molar-refractivity contribution in [2.45, 2.75) is 19.8 Å². The van der Waals surface area contributed by atoms with Crippen molar-refractivity contribution in [2.24, 2.45) is 10.2 Å². The van der Waals surface area contributed by atoms with Gasteiger partial charge in [0.2, 0.25) is 0 Å². The summed E-state index contributed by atoms with van der Waals surface area (Å²) in [5.74, 6) is 0.00477. The Morgan fingerprint density at radius 2 is 1.85 bits per heavy atom. The maximum Gasteiger partial charge on any atom is 0.411 e. The van der Waals surface area contributed by atoms with Crippen molar-refractivity contribution >= 4 is 34.8 Å². The van der Waals surface area contributed by atoms with Crippen LogP contribution in [0.25, 0.3) is 0 Å². The number of esters is 1. The summed E-state index contributed by atoms with van der Waals surface area (Å²) in [7, 11) is 1.27. The fourth-order valence-corrected chi connectivity index (χ4v) is 2.00. The molecule has 2 aromatic rings. The molecule has 2 rings (SSSR count). The van der Waals surface area contributed by atoms with Crippen LogP contribution in [0.5, 0.6) is 5.75 Å². The molecular weight excluding hydrogens is 336 g/mol. The third-order valence-electron chi connectivity index (χ3n) is 3.27. The van der Waals surface area contributed by atoms with Crippen LogP contribution in [0.2, 0.25) is 0 Å². The van der Waals surface area contributed by atoms with E-state index in [9.17, 15) is 9.59 Å². The van der Waals surface area contributed by atoms with Gasteiger partial charge in [0.1, 0.15) is 11.4 Å². The lowest BCUT2D eigenvalue weighted by Crippen LogP contribution is -2.10. The molecule has 136 valence electrons. The van der Waals surface area contributed by atoms with Gasteiger partial charge in [-0.25, -0.2) is 4.79 Å². The largest absolute Gasteiger partial charge is 0.453 e. The molecule has 0 atom stereocenters. The molecule has 0 saturated heterocycles. The van der Waals surface area contributed by atoms with E-state index in [2.05, 4.69) is 20.3 Å². The van der Waals surface area contributed by atoms with E-state index < -0.39 is 6.09 Å². The first-order valence-electron chi connectivity index (χ1n) is 7.99. The summed E-state index contributed by atoms with van der Waals surface area (Å²) in [5, 5.41) is 10.7. The smallest absolute Gasteiger partial charge is 0.411 e. The highest BCUT2D eigenvalue weighted by molar-refractivity contribution is 5.86. The second-order valence-corrected chi connectivity index (χ2v) is 5.28. The third-order valence-corrected chi connectivity index (χ3v) is 3.27. The molecule has 0 fully saturated rings. The number of amides is 1. The Labute approximate surface area is 151 Å². The molecule has 8 heteroatoms. The predicted octanol–water partition coefficient (Wildman–Crippen LogP) is 4.57. The number of anilines is 2. The van der Waals surface area contributed by atoms with Gasteiger partial charge in [0.15, 0.2) is 5.75 Å². The van der Waals surface area contributed by atoms with Crippen molar-refractivity contribution in [1.82, 2.24) is 0 Å². The quantitative estimate of drug-likeness (QED) is 0.340. The van der Waals surface area contributed by atoms with Gasteiger partial charge in [-0.2, -0.15) is 0 Å². The number of benzene rings is 2. The van der Waals surface area contributed by atoms with Crippen molar-refractivity contribution in [3.05, 3.63) is 42.5 Å². The molecule has 0 spiro atoms. The average molecular weight is 356 g/mol. The van der Waals surface area contributed by atoms with Crippen LogP contribution in [-0.2, 0) is 9.53 Å². The van der Waals surface area contributed by atoms with Crippen LogP contribution < -0.4 is 15.8 Å². The van der Waals surface area contributed by atoms with E-state index in [1.54, 1.807) is 42.5 Å². The minimum Gasteiger partial charge on any atom is -0.453 e. The van der Waals surface area contributed by atoms with Gasteiger partial charge in [-0.05, 0) is 36.8 Å². The van der Waals surface area contributed by atoms with Gasteiger partial charge in [0.25, 0.3) is 0 Å². The number of para-hydroxylation sites is 1. The van der Waals surface area contributed by atoms with E-state index in [1.165, 1.54) is 7.11 Å². The molecule has 0 aliphatic heterocycles. The number of nitrogens with zero attached hydrogens (tertiary/aromatic N) is 2. The minimum absolute atomic E-state index is 0.322. The van der Waals surface area contributed by atoms with E-state index in [0.717, 1.165) is 0 Å². The fourth-order valence-electron chi connectivity index (χ4n) is 2.00. The second kappa shape index (κ2) is 9.16. The van der Waals surface area contributed by atoms with Gasteiger partial charge in [0, 0.05) is 12.1 Å². The number of nitrogens with one attached hydrogen (secondary N) is 1. The Bertz CT molecular complexity index is 821. The number of ether oxygens (including phenoxy) is 2. The molecule has 0 aliphatic carbocycles. The molecule has 0 bridgehead atoms.